The van der Waals surface area contributed by atoms with Gasteiger partial charge in [0.1, 0.15) is 11.8 Å². The van der Waals surface area contributed by atoms with E-state index in [0.717, 1.165) is 0 Å². The van der Waals surface area contributed by atoms with E-state index in [9.17, 15) is 14.4 Å². The maximum absolute atomic E-state index is 12.6. The molecule has 1 aromatic rings. The first-order valence-electron chi connectivity index (χ1n) is 7.26. The maximum atomic E-state index is 12.6. The number of ether oxygens (including phenoxy) is 2. The molecule has 0 radical (unpaired) electrons. The van der Waals surface area contributed by atoms with Crippen LogP contribution in [0, 0.1) is 0 Å². The summed E-state index contributed by atoms with van der Waals surface area (Å²) in [6.07, 6.45) is 0. The zero-order chi connectivity index (χ0) is 17.0. The van der Waals surface area contributed by atoms with Gasteiger partial charge in [-0.05, 0) is 24.3 Å². The molecule has 23 heavy (non-hydrogen) atoms. The Labute approximate surface area is 134 Å². The first-order chi connectivity index (χ1) is 11.0. The highest BCUT2D eigenvalue weighted by molar-refractivity contribution is 5.95. The molecule has 0 spiro atoms. The van der Waals surface area contributed by atoms with Crippen molar-refractivity contribution in [3.63, 3.8) is 0 Å². The van der Waals surface area contributed by atoms with Crippen molar-refractivity contribution in [2.75, 3.05) is 33.9 Å². The topological polar surface area (TPSA) is 76.2 Å². The largest absolute Gasteiger partial charge is 0.497 e. The van der Waals surface area contributed by atoms with Crippen LogP contribution < -0.4 is 4.74 Å². The lowest BCUT2D eigenvalue weighted by atomic mass is 10.1. The second-order valence-corrected chi connectivity index (χ2v) is 5.23. The molecule has 2 rings (SSSR count). The number of benzene rings is 1. The zero-order valence-electron chi connectivity index (χ0n) is 13.4. The quantitative estimate of drug-likeness (QED) is 0.760. The van der Waals surface area contributed by atoms with Crippen molar-refractivity contribution in [1.29, 1.82) is 0 Å². The van der Waals surface area contributed by atoms with Crippen LogP contribution in [0.1, 0.15) is 17.3 Å². The van der Waals surface area contributed by atoms with E-state index >= 15 is 0 Å². The molecule has 7 nitrogen and oxygen atoms in total. The Kier molecular flexibility index (Phi) is 5.20. The van der Waals surface area contributed by atoms with Crippen LogP contribution in [0.25, 0.3) is 0 Å². The van der Waals surface area contributed by atoms with Crippen LogP contribution in [0.15, 0.2) is 24.3 Å². The molecule has 0 saturated carbocycles. The molecule has 2 amide bonds. The fourth-order valence-corrected chi connectivity index (χ4v) is 2.60. The third-order valence-corrected chi connectivity index (χ3v) is 3.88. The summed E-state index contributed by atoms with van der Waals surface area (Å²) in [5, 5.41) is 0. The summed E-state index contributed by atoms with van der Waals surface area (Å²) in [6, 6.07) is 5.99. The number of methoxy groups -OCH3 is 2. The molecular weight excluding hydrogens is 300 g/mol. The Morgan fingerprint density at radius 1 is 1.09 bits per heavy atom. The van der Waals surface area contributed by atoms with Crippen LogP contribution in [0.2, 0.25) is 0 Å². The number of piperazine rings is 1. The Bertz CT molecular complexity index is 599. The number of rotatable bonds is 3. The number of esters is 1. The Morgan fingerprint density at radius 3 is 2.26 bits per heavy atom. The van der Waals surface area contributed by atoms with Gasteiger partial charge < -0.3 is 19.3 Å². The van der Waals surface area contributed by atoms with Crippen LogP contribution >= 0.6 is 0 Å². The Balaban J connectivity index is 2.15. The molecule has 1 heterocycles. The molecule has 0 unspecified atom stereocenters. The lowest BCUT2D eigenvalue weighted by molar-refractivity contribution is -0.154. The maximum Gasteiger partial charge on any atom is 0.330 e. The summed E-state index contributed by atoms with van der Waals surface area (Å²) in [5.74, 6) is -0.260. The normalized spacial score (nSPS) is 17.6. The molecule has 1 atom stereocenters. The van der Waals surface area contributed by atoms with Gasteiger partial charge in [-0.25, -0.2) is 4.79 Å². The average molecular weight is 320 g/mol. The molecule has 1 aliphatic heterocycles. The van der Waals surface area contributed by atoms with E-state index in [1.54, 1.807) is 36.3 Å². The summed E-state index contributed by atoms with van der Waals surface area (Å²) in [5.41, 5.74) is 0.505. The minimum absolute atomic E-state index is 0.122. The highest BCUT2D eigenvalue weighted by atomic mass is 16.5. The molecule has 0 bridgehead atoms. The third kappa shape index (κ3) is 3.61. The van der Waals surface area contributed by atoms with Gasteiger partial charge in [-0.3, -0.25) is 9.59 Å². The van der Waals surface area contributed by atoms with E-state index < -0.39 is 12.0 Å². The second kappa shape index (κ2) is 7.13. The minimum Gasteiger partial charge on any atom is -0.497 e. The molecule has 0 aliphatic carbocycles. The van der Waals surface area contributed by atoms with Gasteiger partial charge in [0.25, 0.3) is 5.91 Å². The van der Waals surface area contributed by atoms with E-state index in [1.807, 2.05) is 0 Å². The van der Waals surface area contributed by atoms with Crippen LogP contribution in [0.3, 0.4) is 0 Å². The van der Waals surface area contributed by atoms with Crippen molar-refractivity contribution in [1.82, 2.24) is 9.80 Å². The second-order valence-electron chi connectivity index (χ2n) is 5.23. The molecule has 1 saturated heterocycles. The van der Waals surface area contributed by atoms with Gasteiger partial charge >= 0.3 is 5.97 Å². The van der Waals surface area contributed by atoms with E-state index in [1.165, 1.54) is 18.9 Å². The van der Waals surface area contributed by atoms with Crippen molar-refractivity contribution in [3.8, 4) is 5.75 Å². The monoisotopic (exact) mass is 320 g/mol. The smallest absolute Gasteiger partial charge is 0.330 e. The lowest BCUT2D eigenvalue weighted by Crippen LogP contribution is -2.59. The molecule has 1 aliphatic rings. The Morgan fingerprint density at radius 2 is 1.74 bits per heavy atom. The summed E-state index contributed by atoms with van der Waals surface area (Å²) in [7, 11) is 2.82. The number of carbonyl (C=O) groups excluding carboxylic acids is 3. The van der Waals surface area contributed by atoms with E-state index in [0.29, 0.717) is 24.4 Å². The number of amides is 2. The standard InChI is InChI=1S/C16H20N2O5/c1-11(19)18-9-8-17(10-14(18)16(21)23-3)15(20)12-4-6-13(22-2)7-5-12/h4-7,14H,8-10H2,1-3H3/t14-/m0/s1. The van der Waals surface area contributed by atoms with Gasteiger partial charge in [0.2, 0.25) is 5.91 Å². The first-order valence-corrected chi connectivity index (χ1v) is 7.26. The van der Waals surface area contributed by atoms with E-state index in [2.05, 4.69) is 0 Å². The third-order valence-electron chi connectivity index (χ3n) is 3.88. The molecule has 0 N–H and O–H groups in total. The SMILES string of the molecule is COC(=O)[C@@H]1CN(C(=O)c2ccc(OC)cc2)CCN1C(C)=O. The summed E-state index contributed by atoms with van der Waals surface area (Å²) >= 11 is 0. The molecule has 0 aromatic heterocycles. The number of carbonyl (C=O) groups is 3. The molecule has 1 aromatic carbocycles. The predicted molar refractivity (Wildman–Crippen MR) is 82.1 cm³/mol. The molecular formula is C16H20N2O5. The number of hydrogen-bond acceptors (Lipinski definition) is 5. The highest BCUT2D eigenvalue weighted by Crippen LogP contribution is 2.17. The number of hydrogen-bond donors (Lipinski definition) is 0. The van der Waals surface area contributed by atoms with E-state index in [-0.39, 0.29) is 18.4 Å². The van der Waals surface area contributed by atoms with Crippen molar-refractivity contribution in [2.24, 2.45) is 0 Å². The van der Waals surface area contributed by atoms with E-state index in [4.69, 9.17) is 9.47 Å². The fraction of sp³-hybridized carbons (Fsp3) is 0.438. The summed E-state index contributed by atoms with van der Waals surface area (Å²) < 4.78 is 9.81. The highest BCUT2D eigenvalue weighted by Gasteiger charge is 2.36. The van der Waals surface area contributed by atoms with Crippen molar-refractivity contribution < 1.29 is 23.9 Å². The first kappa shape index (κ1) is 16.8. The molecule has 124 valence electrons. The number of nitrogens with zero attached hydrogens (tertiary/aromatic N) is 2. The average Bonchev–Trinajstić information content (AvgIpc) is 2.59. The van der Waals surface area contributed by atoms with Crippen LogP contribution in [-0.2, 0) is 14.3 Å². The fourth-order valence-electron chi connectivity index (χ4n) is 2.60. The van der Waals surface area contributed by atoms with Crippen LogP contribution in [0.4, 0.5) is 0 Å². The van der Waals surface area contributed by atoms with Crippen LogP contribution in [0.5, 0.6) is 5.75 Å². The molecule has 7 heteroatoms. The van der Waals surface area contributed by atoms with Gasteiger partial charge in [0.15, 0.2) is 0 Å². The van der Waals surface area contributed by atoms with Gasteiger partial charge in [-0.15, -0.1) is 0 Å². The Hall–Kier alpha value is -2.57. The molecule has 1 fully saturated rings. The lowest BCUT2D eigenvalue weighted by Gasteiger charge is -2.39. The van der Waals surface area contributed by atoms with Crippen molar-refractivity contribution in [2.45, 2.75) is 13.0 Å². The van der Waals surface area contributed by atoms with Gasteiger partial charge in [-0.1, -0.05) is 0 Å². The summed E-state index contributed by atoms with van der Waals surface area (Å²) in [6.45, 7) is 2.20. The van der Waals surface area contributed by atoms with Gasteiger partial charge in [-0.2, -0.15) is 0 Å². The van der Waals surface area contributed by atoms with Crippen molar-refractivity contribution in [3.05, 3.63) is 29.8 Å². The van der Waals surface area contributed by atoms with Gasteiger partial charge in [0.05, 0.1) is 20.8 Å². The van der Waals surface area contributed by atoms with Gasteiger partial charge in [0, 0.05) is 25.6 Å². The summed E-state index contributed by atoms with van der Waals surface area (Å²) in [4.78, 5) is 39.1. The van der Waals surface area contributed by atoms with Crippen molar-refractivity contribution >= 4 is 17.8 Å². The minimum atomic E-state index is -0.770. The predicted octanol–water partition coefficient (Wildman–Crippen LogP) is 0.541. The zero-order valence-corrected chi connectivity index (χ0v) is 13.4. The van der Waals surface area contributed by atoms with Crippen LogP contribution in [-0.4, -0.2) is 67.5 Å².